The molecule has 18 heavy (non-hydrogen) atoms. The molecular formula is C15H15NO2. The Kier molecular flexibility index (Phi) is 3.63. The van der Waals surface area contributed by atoms with Crippen LogP contribution >= 0.6 is 0 Å². The SMILES string of the molecule is COc1ccc(CC(=O)c2ccccc2N)cc1. The molecule has 3 nitrogen and oxygen atoms in total. The lowest BCUT2D eigenvalue weighted by atomic mass is 10.0. The van der Waals surface area contributed by atoms with Crippen LogP contribution in [0.3, 0.4) is 0 Å². The molecule has 2 N–H and O–H groups in total. The number of rotatable bonds is 4. The van der Waals surface area contributed by atoms with Crippen LogP contribution < -0.4 is 10.5 Å². The van der Waals surface area contributed by atoms with E-state index in [0.29, 0.717) is 17.7 Å². The molecule has 2 aromatic carbocycles. The Morgan fingerprint density at radius 3 is 2.39 bits per heavy atom. The van der Waals surface area contributed by atoms with E-state index in [2.05, 4.69) is 0 Å². The summed E-state index contributed by atoms with van der Waals surface area (Å²) in [4.78, 5) is 12.1. The highest BCUT2D eigenvalue weighted by atomic mass is 16.5. The maximum absolute atomic E-state index is 12.1. The monoisotopic (exact) mass is 241 g/mol. The second-order valence-corrected chi connectivity index (χ2v) is 4.04. The van der Waals surface area contributed by atoms with Crippen LogP contribution in [0.2, 0.25) is 0 Å². The van der Waals surface area contributed by atoms with E-state index in [-0.39, 0.29) is 5.78 Å². The van der Waals surface area contributed by atoms with Crippen LogP contribution in [0.4, 0.5) is 5.69 Å². The normalized spacial score (nSPS) is 10.1. The topological polar surface area (TPSA) is 52.3 Å². The van der Waals surface area contributed by atoms with Gasteiger partial charge in [0.2, 0.25) is 0 Å². The maximum atomic E-state index is 12.1. The molecule has 92 valence electrons. The molecule has 0 aromatic heterocycles. The molecule has 2 aromatic rings. The lowest BCUT2D eigenvalue weighted by Gasteiger charge is -2.05. The van der Waals surface area contributed by atoms with Crippen LogP contribution in [0.15, 0.2) is 48.5 Å². The van der Waals surface area contributed by atoms with E-state index in [1.54, 1.807) is 19.2 Å². The Balaban J connectivity index is 2.14. The first-order valence-electron chi connectivity index (χ1n) is 5.71. The molecule has 0 spiro atoms. The van der Waals surface area contributed by atoms with Gasteiger partial charge in [-0.15, -0.1) is 0 Å². The summed E-state index contributed by atoms with van der Waals surface area (Å²) in [6.45, 7) is 0. The quantitative estimate of drug-likeness (QED) is 0.661. The number of hydrogen-bond donors (Lipinski definition) is 1. The summed E-state index contributed by atoms with van der Waals surface area (Å²) in [7, 11) is 1.62. The second-order valence-electron chi connectivity index (χ2n) is 4.04. The van der Waals surface area contributed by atoms with E-state index in [1.807, 2.05) is 36.4 Å². The molecule has 0 aliphatic carbocycles. The zero-order valence-corrected chi connectivity index (χ0v) is 10.2. The minimum absolute atomic E-state index is 0.0262. The Bertz CT molecular complexity index is 547. The lowest BCUT2D eigenvalue weighted by molar-refractivity contribution is 0.0994. The van der Waals surface area contributed by atoms with Gasteiger partial charge in [-0.3, -0.25) is 4.79 Å². The van der Waals surface area contributed by atoms with Gasteiger partial charge in [0.05, 0.1) is 7.11 Å². The number of nitrogens with two attached hydrogens (primary N) is 1. The number of benzene rings is 2. The smallest absolute Gasteiger partial charge is 0.169 e. The molecule has 2 rings (SSSR count). The van der Waals surface area contributed by atoms with Crippen molar-refractivity contribution < 1.29 is 9.53 Å². The first kappa shape index (κ1) is 12.2. The van der Waals surface area contributed by atoms with Crippen LogP contribution in [0.1, 0.15) is 15.9 Å². The molecular weight excluding hydrogens is 226 g/mol. The zero-order valence-electron chi connectivity index (χ0n) is 10.2. The van der Waals surface area contributed by atoms with Gasteiger partial charge in [0, 0.05) is 17.7 Å². The van der Waals surface area contributed by atoms with E-state index in [0.717, 1.165) is 11.3 Å². The zero-order chi connectivity index (χ0) is 13.0. The van der Waals surface area contributed by atoms with Crippen molar-refractivity contribution in [2.24, 2.45) is 0 Å². The molecule has 0 fully saturated rings. The maximum Gasteiger partial charge on any atom is 0.169 e. The average molecular weight is 241 g/mol. The molecule has 0 radical (unpaired) electrons. The molecule has 0 amide bonds. The first-order chi connectivity index (χ1) is 8.70. The predicted octanol–water partition coefficient (Wildman–Crippen LogP) is 2.70. The number of anilines is 1. The summed E-state index contributed by atoms with van der Waals surface area (Å²) in [5, 5.41) is 0. The van der Waals surface area contributed by atoms with E-state index in [9.17, 15) is 4.79 Å². The summed E-state index contributed by atoms with van der Waals surface area (Å²) in [5.41, 5.74) is 7.83. The fraction of sp³-hybridized carbons (Fsp3) is 0.133. The fourth-order valence-corrected chi connectivity index (χ4v) is 1.77. The van der Waals surface area contributed by atoms with E-state index in [4.69, 9.17) is 10.5 Å². The van der Waals surface area contributed by atoms with Crippen molar-refractivity contribution >= 4 is 11.5 Å². The Labute approximate surface area is 106 Å². The molecule has 0 unspecified atom stereocenters. The molecule has 0 saturated heterocycles. The van der Waals surface area contributed by atoms with Crippen molar-refractivity contribution in [3.63, 3.8) is 0 Å². The van der Waals surface area contributed by atoms with Gasteiger partial charge in [0.1, 0.15) is 5.75 Å². The Morgan fingerprint density at radius 1 is 1.11 bits per heavy atom. The largest absolute Gasteiger partial charge is 0.497 e. The Morgan fingerprint density at radius 2 is 1.78 bits per heavy atom. The molecule has 0 bridgehead atoms. The number of Topliss-reactive ketones (excluding diaryl/α,β-unsaturated/α-hetero) is 1. The predicted molar refractivity (Wildman–Crippen MR) is 71.9 cm³/mol. The molecule has 3 heteroatoms. The number of ketones is 1. The van der Waals surface area contributed by atoms with Crippen LogP contribution in [0, 0.1) is 0 Å². The molecule has 0 aliphatic rings. The van der Waals surface area contributed by atoms with Crippen LogP contribution in [-0.2, 0) is 6.42 Å². The van der Waals surface area contributed by atoms with Crippen LogP contribution in [-0.4, -0.2) is 12.9 Å². The minimum atomic E-state index is 0.0262. The number of carbonyl (C=O) groups is 1. The summed E-state index contributed by atoms with van der Waals surface area (Å²) < 4.78 is 5.07. The molecule has 0 atom stereocenters. The first-order valence-corrected chi connectivity index (χ1v) is 5.71. The highest BCUT2D eigenvalue weighted by Gasteiger charge is 2.09. The van der Waals surface area contributed by atoms with Gasteiger partial charge in [-0.1, -0.05) is 24.3 Å². The number of ether oxygens (including phenoxy) is 1. The van der Waals surface area contributed by atoms with E-state index in [1.165, 1.54) is 0 Å². The summed E-state index contributed by atoms with van der Waals surface area (Å²) in [6.07, 6.45) is 0.345. The standard InChI is InChI=1S/C15H15NO2/c1-18-12-8-6-11(7-9-12)10-15(17)13-4-2-3-5-14(13)16/h2-9H,10,16H2,1H3. The van der Waals surface area contributed by atoms with Gasteiger partial charge in [0.15, 0.2) is 5.78 Å². The van der Waals surface area contributed by atoms with E-state index >= 15 is 0 Å². The highest BCUT2D eigenvalue weighted by Crippen LogP contribution is 2.16. The van der Waals surface area contributed by atoms with Crippen molar-refractivity contribution in [1.82, 2.24) is 0 Å². The number of para-hydroxylation sites is 1. The van der Waals surface area contributed by atoms with Gasteiger partial charge in [-0.25, -0.2) is 0 Å². The van der Waals surface area contributed by atoms with Crippen molar-refractivity contribution in [1.29, 1.82) is 0 Å². The van der Waals surface area contributed by atoms with Gasteiger partial charge >= 0.3 is 0 Å². The summed E-state index contributed by atoms with van der Waals surface area (Å²) in [6, 6.07) is 14.6. The van der Waals surface area contributed by atoms with Crippen molar-refractivity contribution in [3.05, 3.63) is 59.7 Å². The highest BCUT2D eigenvalue weighted by molar-refractivity contribution is 6.01. The number of carbonyl (C=O) groups excluding carboxylic acids is 1. The number of methoxy groups -OCH3 is 1. The van der Waals surface area contributed by atoms with Gasteiger partial charge in [-0.2, -0.15) is 0 Å². The average Bonchev–Trinajstić information content (AvgIpc) is 2.40. The van der Waals surface area contributed by atoms with Gasteiger partial charge in [-0.05, 0) is 29.8 Å². The molecule has 0 aliphatic heterocycles. The lowest BCUT2D eigenvalue weighted by Crippen LogP contribution is -2.06. The van der Waals surface area contributed by atoms with Crippen molar-refractivity contribution in [3.8, 4) is 5.75 Å². The Hall–Kier alpha value is -2.29. The summed E-state index contributed by atoms with van der Waals surface area (Å²) >= 11 is 0. The molecule has 0 heterocycles. The number of nitrogen functional groups attached to an aromatic ring is 1. The third-order valence-electron chi connectivity index (χ3n) is 2.78. The van der Waals surface area contributed by atoms with Crippen LogP contribution in [0.5, 0.6) is 5.75 Å². The summed E-state index contributed by atoms with van der Waals surface area (Å²) in [5.74, 6) is 0.809. The fourth-order valence-electron chi connectivity index (χ4n) is 1.77. The molecule has 0 saturated carbocycles. The van der Waals surface area contributed by atoms with Gasteiger partial charge < -0.3 is 10.5 Å². The second kappa shape index (κ2) is 5.36. The number of hydrogen-bond acceptors (Lipinski definition) is 3. The minimum Gasteiger partial charge on any atom is -0.497 e. The van der Waals surface area contributed by atoms with Crippen molar-refractivity contribution in [2.75, 3.05) is 12.8 Å². The van der Waals surface area contributed by atoms with Gasteiger partial charge in [0.25, 0.3) is 0 Å². The van der Waals surface area contributed by atoms with E-state index < -0.39 is 0 Å². The van der Waals surface area contributed by atoms with Crippen molar-refractivity contribution in [2.45, 2.75) is 6.42 Å². The van der Waals surface area contributed by atoms with Crippen LogP contribution in [0.25, 0.3) is 0 Å². The third-order valence-corrected chi connectivity index (χ3v) is 2.78. The third kappa shape index (κ3) is 2.69.